The standard InChI is InChI=1S/C16H15ClFN3/c17-16-14(9-19)15(12-5-1-2-6-12)20-21(16)10-11-4-3-7-13(18)8-11/h3-4,7-8,12H,1-2,5-6,10H2. The molecule has 1 heterocycles. The zero-order chi connectivity index (χ0) is 14.8. The monoisotopic (exact) mass is 303 g/mol. The Morgan fingerprint density at radius 1 is 1.38 bits per heavy atom. The van der Waals surface area contributed by atoms with Crippen molar-refractivity contribution in [3.8, 4) is 6.07 Å². The highest BCUT2D eigenvalue weighted by atomic mass is 35.5. The van der Waals surface area contributed by atoms with Crippen molar-refractivity contribution in [3.63, 3.8) is 0 Å². The summed E-state index contributed by atoms with van der Waals surface area (Å²) in [5, 5.41) is 14.2. The molecular weight excluding hydrogens is 289 g/mol. The van der Waals surface area contributed by atoms with E-state index in [9.17, 15) is 9.65 Å². The molecule has 21 heavy (non-hydrogen) atoms. The number of hydrogen-bond donors (Lipinski definition) is 0. The summed E-state index contributed by atoms with van der Waals surface area (Å²) in [6.45, 7) is 0.373. The zero-order valence-electron chi connectivity index (χ0n) is 11.5. The topological polar surface area (TPSA) is 41.6 Å². The van der Waals surface area contributed by atoms with Crippen molar-refractivity contribution in [2.75, 3.05) is 0 Å². The average molecular weight is 304 g/mol. The second-order valence-electron chi connectivity index (χ2n) is 5.43. The van der Waals surface area contributed by atoms with Crippen LogP contribution in [-0.2, 0) is 6.54 Å². The van der Waals surface area contributed by atoms with E-state index in [0.29, 0.717) is 23.2 Å². The smallest absolute Gasteiger partial charge is 0.145 e. The van der Waals surface area contributed by atoms with Crippen molar-refractivity contribution in [1.29, 1.82) is 5.26 Å². The molecule has 0 unspecified atom stereocenters. The van der Waals surface area contributed by atoms with Gasteiger partial charge in [0, 0.05) is 5.92 Å². The molecule has 3 rings (SSSR count). The summed E-state index contributed by atoms with van der Waals surface area (Å²) < 4.78 is 14.9. The summed E-state index contributed by atoms with van der Waals surface area (Å²) in [5.41, 5.74) is 2.05. The minimum atomic E-state index is -0.285. The van der Waals surface area contributed by atoms with Crippen molar-refractivity contribution >= 4 is 11.6 Å². The summed E-state index contributed by atoms with van der Waals surface area (Å²) in [4.78, 5) is 0. The van der Waals surface area contributed by atoms with Gasteiger partial charge in [-0.1, -0.05) is 36.6 Å². The van der Waals surface area contributed by atoms with Crippen LogP contribution in [0.4, 0.5) is 4.39 Å². The Bertz CT molecular complexity index is 696. The lowest BCUT2D eigenvalue weighted by Crippen LogP contribution is -2.03. The normalized spacial score (nSPS) is 15.3. The lowest BCUT2D eigenvalue weighted by Gasteiger charge is -2.05. The Labute approximate surface area is 128 Å². The van der Waals surface area contributed by atoms with Crippen molar-refractivity contribution in [2.45, 2.75) is 38.1 Å². The van der Waals surface area contributed by atoms with Gasteiger partial charge in [0.15, 0.2) is 0 Å². The maximum absolute atomic E-state index is 13.3. The largest absolute Gasteiger partial charge is 0.248 e. The van der Waals surface area contributed by atoms with E-state index in [1.807, 2.05) is 6.07 Å². The number of halogens is 2. The molecule has 0 bridgehead atoms. The zero-order valence-corrected chi connectivity index (χ0v) is 12.3. The quantitative estimate of drug-likeness (QED) is 0.850. The molecule has 1 aromatic carbocycles. The molecule has 0 amide bonds. The summed E-state index contributed by atoms with van der Waals surface area (Å²) in [6.07, 6.45) is 4.46. The van der Waals surface area contributed by atoms with Gasteiger partial charge in [0.2, 0.25) is 0 Å². The number of hydrogen-bond acceptors (Lipinski definition) is 2. The number of nitriles is 1. The highest BCUT2D eigenvalue weighted by Gasteiger charge is 2.26. The number of aromatic nitrogens is 2. The molecule has 0 saturated heterocycles. The van der Waals surface area contributed by atoms with Crippen LogP contribution in [-0.4, -0.2) is 9.78 Å². The fourth-order valence-electron chi connectivity index (χ4n) is 2.96. The van der Waals surface area contributed by atoms with Crippen LogP contribution in [0.1, 0.15) is 48.4 Å². The lowest BCUT2D eigenvalue weighted by atomic mass is 10.0. The Morgan fingerprint density at radius 3 is 2.81 bits per heavy atom. The lowest BCUT2D eigenvalue weighted by molar-refractivity contribution is 0.611. The fourth-order valence-corrected chi connectivity index (χ4v) is 3.20. The van der Waals surface area contributed by atoms with Crippen LogP contribution in [0.15, 0.2) is 24.3 Å². The fraction of sp³-hybridized carbons (Fsp3) is 0.375. The predicted molar refractivity (Wildman–Crippen MR) is 78.7 cm³/mol. The Hall–Kier alpha value is -1.86. The van der Waals surface area contributed by atoms with E-state index in [0.717, 1.165) is 24.1 Å². The van der Waals surface area contributed by atoms with Crippen molar-refractivity contribution < 1.29 is 4.39 Å². The van der Waals surface area contributed by atoms with Crippen LogP contribution in [0.5, 0.6) is 0 Å². The van der Waals surface area contributed by atoms with E-state index in [4.69, 9.17) is 11.6 Å². The number of benzene rings is 1. The molecule has 0 radical (unpaired) electrons. The van der Waals surface area contributed by atoms with E-state index < -0.39 is 0 Å². The predicted octanol–water partition coefficient (Wildman–Crippen LogP) is 4.25. The van der Waals surface area contributed by atoms with E-state index in [2.05, 4.69) is 11.2 Å². The molecule has 5 heteroatoms. The van der Waals surface area contributed by atoms with Gasteiger partial charge in [0.05, 0.1) is 12.2 Å². The third-order valence-corrected chi connectivity index (χ3v) is 4.38. The molecule has 1 aromatic heterocycles. The molecule has 2 aromatic rings. The molecule has 0 spiro atoms. The maximum Gasteiger partial charge on any atom is 0.145 e. The first-order chi connectivity index (χ1) is 10.2. The minimum Gasteiger partial charge on any atom is -0.248 e. The van der Waals surface area contributed by atoms with E-state index >= 15 is 0 Å². The Morgan fingerprint density at radius 2 is 2.14 bits per heavy atom. The van der Waals surface area contributed by atoms with Gasteiger partial charge in [-0.25, -0.2) is 9.07 Å². The molecule has 108 valence electrons. The van der Waals surface area contributed by atoms with E-state index in [1.165, 1.54) is 25.0 Å². The van der Waals surface area contributed by atoms with Gasteiger partial charge < -0.3 is 0 Å². The second kappa shape index (κ2) is 5.87. The first kappa shape index (κ1) is 14.1. The molecular formula is C16H15ClFN3. The van der Waals surface area contributed by atoms with Crippen LogP contribution in [0.3, 0.4) is 0 Å². The van der Waals surface area contributed by atoms with Gasteiger partial charge >= 0.3 is 0 Å². The highest BCUT2D eigenvalue weighted by Crippen LogP contribution is 2.37. The van der Waals surface area contributed by atoms with Gasteiger partial charge in [0.25, 0.3) is 0 Å². The first-order valence-electron chi connectivity index (χ1n) is 7.10. The molecule has 3 nitrogen and oxygen atoms in total. The van der Waals surface area contributed by atoms with Crippen molar-refractivity contribution in [2.24, 2.45) is 0 Å². The SMILES string of the molecule is N#Cc1c(C2CCCC2)nn(Cc2cccc(F)c2)c1Cl. The Balaban J connectivity index is 1.94. The third-order valence-electron chi connectivity index (χ3n) is 3.99. The highest BCUT2D eigenvalue weighted by molar-refractivity contribution is 6.30. The second-order valence-corrected chi connectivity index (χ2v) is 5.79. The van der Waals surface area contributed by atoms with Crippen molar-refractivity contribution in [1.82, 2.24) is 9.78 Å². The van der Waals surface area contributed by atoms with Crippen LogP contribution in [0.25, 0.3) is 0 Å². The summed E-state index contributed by atoms with van der Waals surface area (Å²) in [6, 6.07) is 8.51. The molecule has 1 fully saturated rings. The molecule has 0 atom stereocenters. The van der Waals surface area contributed by atoms with E-state index in [1.54, 1.807) is 10.7 Å². The summed E-state index contributed by atoms with van der Waals surface area (Å²) in [5.74, 6) is 0.0400. The molecule has 1 aliphatic carbocycles. The Kier molecular flexibility index (Phi) is 3.94. The van der Waals surface area contributed by atoms with Gasteiger partial charge in [-0.2, -0.15) is 10.4 Å². The summed E-state index contributed by atoms with van der Waals surface area (Å²) in [7, 11) is 0. The number of nitrogens with zero attached hydrogens (tertiary/aromatic N) is 3. The molecule has 0 N–H and O–H groups in total. The molecule has 0 aliphatic heterocycles. The van der Waals surface area contributed by atoms with E-state index in [-0.39, 0.29) is 5.82 Å². The number of rotatable bonds is 3. The average Bonchev–Trinajstić information content (AvgIpc) is 3.08. The first-order valence-corrected chi connectivity index (χ1v) is 7.47. The van der Waals surface area contributed by atoms with Gasteiger partial charge in [-0.05, 0) is 30.5 Å². The van der Waals surface area contributed by atoms with Crippen LogP contribution < -0.4 is 0 Å². The van der Waals surface area contributed by atoms with Gasteiger partial charge in [-0.15, -0.1) is 0 Å². The van der Waals surface area contributed by atoms with Crippen LogP contribution in [0.2, 0.25) is 5.15 Å². The molecule has 1 aliphatic rings. The summed E-state index contributed by atoms with van der Waals surface area (Å²) >= 11 is 6.28. The van der Waals surface area contributed by atoms with Crippen LogP contribution >= 0.6 is 11.6 Å². The maximum atomic E-state index is 13.3. The van der Waals surface area contributed by atoms with Gasteiger partial charge in [-0.3, -0.25) is 0 Å². The van der Waals surface area contributed by atoms with Crippen LogP contribution in [0, 0.1) is 17.1 Å². The molecule has 1 saturated carbocycles. The van der Waals surface area contributed by atoms with Crippen molar-refractivity contribution in [3.05, 3.63) is 52.1 Å². The third kappa shape index (κ3) is 2.79. The van der Waals surface area contributed by atoms with Gasteiger partial charge in [0.1, 0.15) is 22.6 Å². The minimum absolute atomic E-state index is 0.285.